The molecule has 0 saturated heterocycles. The van der Waals surface area contributed by atoms with E-state index in [9.17, 15) is 9.90 Å². The summed E-state index contributed by atoms with van der Waals surface area (Å²) in [5.74, 6) is 0.667. The number of phenols is 1. The van der Waals surface area contributed by atoms with Gasteiger partial charge >= 0.3 is 0 Å². The van der Waals surface area contributed by atoms with Gasteiger partial charge in [-0.15, -0.1) is 0 Å². The number of nitrogens with zero attached hydrogens (tertiary/aromatic N) is 2. The highest BCUT2D eigenvalue weighted by Crippen LogP contribution is 2.17. The summed E-state index contributed by atoms with van der Waals surface area (Å²) in [6.45, 7) is 2.91. The van der Waals surface area contributed by atoms with Crippen LogP contribution in [0.4, 0.5) is 0 Å². The molecule has 0 radical (unpaired) electrons. The minimum Gasteiger partial charge on any atom is -0.507 e. The van der Waals surface area contributed by atoms with Gasteiger partial charge in [-0.3, -0.25) is 4.79 Å². The molecular formula is C13H17N3O2. The fourth-order valence-electron chi connectivity index (χ4n) is 1.77. The lowest BCUT2D eigenvalue weighted by Gasteiger charge is -2.24. The van der Waals surface area contributed by atoms with Crippen molar-refractivity contribution in [2.75, 3.05) is 13.1 Å². The van der Waals surface area contributed by atoms with Crippen LogP contribution in [0.3, 0.4) is 0 Å². The monoisotopic (exact) mass is 247 g/mol. The number of phenolic OH excluding ortho intramolecular Hbond substituents is 1. The number of carbonyl (C=O) groups excluding carboxylic acids is 1. The summed E-state index contributed by atoms with van der Waals surface area (Å²) >= 11 is 0. The zero-order valence-electron chi connectivity index (χ0n) is 10.4. The lowest BCUT2D eigenvalue weighted by atomic mass is 10.1. The molecule has 0 atom stereocenters. The number of rotatable bonds is 4. The Morgan fingerprint density at radius 1 is 1.44 bits per heavy atom. The molecule has 0 bridgehead atoms. The highest BCUT2D eigenvalue weighted by atomic mass is 16.3. The molecule has 1 aliphatic rings. The molecule has 0 spiro atoms. The molecule has 0 fully saturated rings. The number of unbranched alkanes of at least 4 members (excludes halogenated alkanes) is 1. The molecule has 1 aromatic rings. The number of para-hydroxylation sites is 1. The van der Waals surface area contributed by atoms with Gasteiger partial charge < -0.3 is 10.4 Å². The minimum absolute atomic E-state index is 0.0392. The number of hydrazone groups is 1. The van der Waals surface area contributed by atoms with Crippen LogP contribution in [-0.2, 0) is 4.79 Å². The van der Waals surface area contributed by atoms with E-state index >= 15 is 0 Å². The first-order valence-corrected chi connectivity index (χ1v) is 6.13. The van der Waals surface area contributed by atoms with Gasteiger partial charge in [0, 0.05) is 6.54 Å². The molecule has 0 aliphatic carbocycles. The van der Waals surface area contributed by atoms with Crippen molar-refractivity contribution in [3.63, 3.8) is 0 Å². The Labute approximate surface area is 106 Å². The highest BCUT2D eigenvalue weighted by Gasteiger charge is 2.21. The van der Waals surface area contributed by atoms with E-state index in [2.05, 4.69) is 17.3 Å². The minimum atomic E-state index is -0.0392. The molecule has 5 nitrogen and oxygen atoms in total. The molecule has 5 heteroatoms. The average molecular weight is 247 g/mol. The molecule has 2 N–H and O–H groups in total. The van der Waals surface area contributed by atoms with E-state index in [1.807, 2.05) is 6.07 Å². The van der Waals surface area contributed by atoms with E-state index in [4.69, 9.17) is 0 Å². The number of hydrogen-bond donors (Lipinski definition) is 2. The Kier molecular flexibility index (Phi) is 3.82. The zero-order chi connectivity index (χ0) is 13.0. The van der Waals surface area contributed by atoms with Crippen LogP contribution >= 0.6 is 0 Å². The third-order valence-corrected chi connectivity index (χ3v) is 2.80. The molecule has 0 saturated carbocycles. The van der Waals surface area contributed by atoms with Crippen LogP contribution in [0.5, 0.6) is 5.75 Å². The number of aromatic hydroxyl groups is 1. The largest absolute Gasteiger partial charge is 0.507 e. The maximum Gasteiger partial charge on any atom is 0.262 e. The Morgan fingerprint density at radius 3 is 2.94 bits per heavy atom. The Bertz CT molecular complexity index is 471. The molecule has 0 unspecified atom stereocenters. The molecular weight excluding hydrogens is 230 g/mol. The normalized spacial score (nSPS) is 15.3. The Morgan fingerprint density at radius 2 is 2.22 bits per heavy atom. The lowest BCUT2D eigenvalue weighted by molar-refractivity contribution is -0.130. The average Bonchev–Trinajstić information content (AvgIpc) is 2.39. The van der Waals surface area contributed by atoms with Crippen LogP contribution in [0.2, 0.25) is 0 Å². The summed E-state index contributed by atoms with van der Waals surface area (Å²) < 4.78 is 0. The third kappa shape index (κ3) is 2.61. The molecule has 0 aromatic heterocycles. The maximum atomic E-state index is 11.7. The topological polar surface area (TPSA) is 64.9 Å². The van der Waals surface area contributed by atoms with Crippen LogP contribution in [0.25, 0.3) is 0 Å². The standard InChI is InChI=1S/C13H17N3O2/c1-2-3-8-16-12(18)9-14-13(15-16)10-6-4-5-7-11(10)17/h4-7,17H,2-3,8-9H2,1H3,(H,14,15). The number of benzene rings is 1. The summed E-state index contributed by atoms with van der Waals surface area (Å²) in [6, 6.07) is 6.95. The van der Waals surface area contributed by atoms with E-state index in [-0.39, 0.29) is 18.2 Å². The molecule has 1 heterocycles. The number of carbonyl (C=O) groups is 1. The molecule has 18 heavy (non-hydrogen) atoms. The van der Waals surface area contributed by atoms with Gasteiger partial charge in [0.05, 0.1) is 12.1 Å². The van der Waals surface area contributed by atoms with Crippen molar-refractivity contribution in [1.29, 1.82) is 0 Å². The second kappa shape index (κ2) is 5.53. The van der Waals surface area contributed by atoms with Gasteiger partial charge in [-0.05, 0) is 18.6 Å². The molecule has 96 valence electrons. The van der Waals surface area contributed by atoms with Crippen LogP contribution < -0.4 is 5.32 Å². The van der Waals surface area contributed by atoms with E-state index in [0.717, 1.165) is 12.8 Å². The lowest BCUT2D eigenvalue weighted by Crippen LogP contribution is -2.45. The van der Waals surface area contributed by atoms with Crippen molar-refractivity contribution in [3.05, 3.63) is 29.8 Å². The van der Waals surface area contributed by atoms with E-state index in [1.165, 1.54) is 5.01 Å². The van der Waals surface area contributed by atoms with Gasteiger partial charge in [0.1, 0.15) is 5.75 Å². The predicted molar refractivity (Wildman–Crippen MR) is 69.3 cm³/mol. The first kappa shape index (κ1) is 12.4. The van der Waals surface area contributed by atoms with Gasteiger partial charge in [0.2, 0.25) is 0 Å². The van der Waals surface area contributed by atoms with E-state index in [0.29, 0.717) is 17.9 Å². The first-order valence-electron chi connectivity index (χ1n) is 6.13. The van der Waals surface area contributed by atoms with Crippen LogP contribution in [0.1, 0.15) is 25.3 Å². The van der Waals surface area contributed by atoms with Crippen LogP contribution in [0, 0.1) is 0 Å². The first-order chi connectivity index (χ1) is 8.72. The fraction of sp³-hybridized carbons (Fsp3) is 0.385. The molecule has 1 amide bonds. The van der Waals surface area contributed by atoms with Crippen LogP contribution in [-0.4, -0.2) is 34.9 Å². The second-order valence-corrected chi connectivity index (χ2v) is 4.19. The summed E-state index contributed by atoms with van der Waals surface area (Å²) in [6.07, 6.45) is 1.93. The summed E-state index contributed by atoms with van der Waals surface area (Å²) in [5, 5.41) is 18.4. The quantitative estimate of drug-likeness (QED) is 0.842. The number of amides is 1. The van der Waals surface area contributed by atoms with Crippen molar-refractivity contribution in [1.82, 2.24) is 10.3 Å². The molecule has 1 aromatic carbocycles. The SMILES string of the molecule is CCCCN1N=C(c2ccccc2O)NCC1=O. The second-order valence-electron chi connectivity index (χ2n) is 4.19. The summed E-state index contributed by atoms with van der Waals surface area (Å²) in [7, 11) is 0. The van der Waals surface area contributed by atoms with Crippen molar-refractivity contribution >= 4 is 11.7 Å². The number of hydrogen-bond acceptors (Lipinski definition) is 4. The summed E-state index contributed by atoms with van der Waals surface area (Å²) in [5.41, 5.74) is 0.617. The van der Waals surface area contributed by atoms with Crippen molar-refractivity contribution in [2.45, 2.75) is 19.8 Å². The van der Waals surface area contributed by atoms with E-state index in [1.54, 1.807) is 18.2 Å². The summed E-state index contributed by atoms with van der Waals surface area (Å²) in [4.78, 5) is 11.7. The smallest absolute Gasteiger partial charge is 0.262 e. The van der Waals surface area contributed by atoms with Gasteiger partial charge in [0.15, 0.2) is 5.84 Å². The third-order valence-electron chi connectivity index (χ3n) is 2.80. The highest BCUT2D eigenvalue weighted by molar-refractivity contribution is 6.04. The van der Waals surface area contributed by atoms with Gasteiger partial charge in [0.25, 0.3) is 5.91 Å². The predicted octanol–water partition coefficient (Wildman–Crippen LogP) is 1.29. The van der Waals surface area contributed by atoms with Crippen molar-refractivity contribution in [3.8, 4) is 5.75 Å². The zero-order valence-corrected chi connectivity index (χ0v) is 10.4. The fourth-order valence-corrected chi connectivity index (χ4v) is 1.77. The van der Waals surface area contributed by atoms with Gasteiger partial charge in [-0.1, -0.05) is 25.5 Å². The van der Waals surface area contributed by atoms with Crippen molar-refractivity contribution in [2.24, 2.45) is 5.10 Å². The number of amidine groups is 1. The van der Waals surface area contributed by atoms with Gasteiger partial charge in [-0.2, -0.15) is 5.10 Å². The van der Waals surface area contributed by atoms with Crippen LogP contribution in [0.15, 0.2) is 29.4 Å². The van der Waals surface area contributed by atoms with E-state index < -0.39 is 0 Å². The maximum absolute atomic E-state index is 11.7. The molecule has 1 aliphatic heterocycles. The number of nitrogens with one attached hydrogen (secondary N) is 1. The van der Waals surface area contributed by atoms with Crippen molar-refractivity contribution < 1.29 is 9.90 Å². The Balaban J connectivity index is 2.23. The molecule has 2 rings (SSSR count). The van der Waals surface area contributed by atoms with Gasteiger partial charge in [-0.25, -0.2) is 5.01 Å². The Hall–Kier alpha value is -2.04.